The van der Waals surface area contributed by atoms with E-state index in [4.69, 9.17) is 9.97 Å². The molecule has 0 fully saturated rings. The van der Waals surface area contributed by atoms with Crippen LogP contribution >= 0.6 is 0 Å². The number of allylic oxidation sites excluding steroid dienone is 2. The average Bonchev–Trinajstić information content (AvgIpc) is 3.80. The number of hydrogen-bond acceptors (Lipinski definition) is 2. The second-order valence-electron chi connectivity index (χ2n) is 14.8. The molecule has 2 aliphatic rings. The Hall–Kier alpha value is -7.04. The monoisotopic (exact) mass is 718 g/mol. The summed E-state index contributed by atoms with van der Waals surface area (Å²) in [5.41, 5.74) is 17.2. The van der Waals surface area contributed by atoms with Crippen molar-refractivity contribution in [1.82, 2.24) is 19.1 Å². The molecule has 2 aliphatic carbocycles. The maximum absolute atomic E-state index is 5.37. The fraction of sp³-hybridized carbons (Fsp3) is 0.0769. The lowest BCUT2D eigenvalue weighted by atomic mass is 10.00. The van der Waals surface area contributed by atoms with E-state index in [9.17, 15) is 0 Å². The smallest absolute Gasteiger partial charge is 0.160 e. The third-order valence-electron chi connectivity index (χ3n) is 11.5. The second kappa shape index (κ2) is 13.4. The number of aryl methyl sites for hydroxylation is 2. The number of rotatable bonds is 6. The zero-order chi connectivity index (χ0) is 37.0. The molecule has 3 aromatic heterocycles. The van der Waals surface area contributed by atoms with E-state index in [2.05, 4.69) is 185 Å². The van der Waals surface area contributed by atoms with Crippen molar-refractivity contribution in [1.29, 1.82) is 0 Å². The van der Waals surface area contributed by atoms with Crippen molar-refractivity contribution in [3.05, 3.63) is 192 Å². The Kier molecular flexibility index (Phi) is 7.73. The van der Waals surface area contributed by atoms with E-state index in [-0.39, 0.29) is 0 Å². The first kappa shape index (κ1) is 32.4. The molecule has 11 rings (SSSR count). The molecule has 6 aromatic carbocycles. The Labute approximate surface area is 326 Å². The van der Waals surface area contributed by atoms with Gasteiger partial charge in [0.1, 0.15) is 0 Å². The Bertz CT molecular complexity index is 2900. The highest BCUT2D eigenvalue weighted by Crippen LogP contribution is 2.40. The van der Waals surface area contributed by atoms with Gasteiger partial charge in [-0.05, 0) is 103 Å². The molecule has 0 spiro atoms. The van der Waals surface area contributed by atoms with Gasteiger partial charge in [-0.15, -0.1) is 0 Å². The van der Waals surface area contributed by atoms with Crippen molar-refractivity contribution >= 4 is 34.0 Å². The van der Waals surface area contributed by atoms with Gasteiger partial charge in [-0.3, -0.25) is 0 Å². The maximum Gasteiger partial charge on any atom is 0.160 e. The van der Waals surface area contributed by atoms with E-state index in [0.717, 1.165) is 70.7 Å². The number of fused-ring (bicyclic) bond motifs is 6. The lowest BCUT2D eigenvalue weighted by Crippen LogP contribution is -2.05. The highest BCUT2D eigenvalue weighted by atomic mass is 15.0. The highest BCUT2D eigenvalue weighted by Gasteiger charge is 2.23. The first-order valence-electron chi connectivity index (χ1n) is 19.6. The van der Waals surface area contributed by atoms with Crippen LogP contribution in [-0.2, 0) is 12.8 Å². The van der Waals surface area contributed by atoms with Gasteiger partial charge in [0.05, 0.1) is 22.4 Å². The summed E-state index contributed by atoms with van der Waals surface area (Å²) in [5, 5.41) is 2.64. The SMILES string of the molecule is C1=Cc2c(c3ccccc3n2-c2cc(-c3cc(-c4cccc(-c5ccccc5)c4)nc(-c4ccccc4)n3)cc(-n3c4c(c5ccccc53)CCC=C4)c2)CC1. The zero-order valence-electron chi connectivity index (χ0n) is 30.9. The van der Waals surface area contributed by atoms with Gasteiger partial charge in [-0.1, -0.05) is 127 Å². The molecule has 3 heterocycles. The van der Waals surface area contributed by atoms with Crippen molar-refractivity contribution in [2.24, 2.45) is 0 Å². The summed E-state index contributed by atoms with van der Waals surface area (Å²) in [4.78, 5) is 10.6. The molecule has 4 heteroatoms. The largest absolute Gasteiger partial charge is 0.309 e. The Balaban J connectivity index is 1.19. The third-order valence-corrected chi connectivity index (χ3v) is 11.5. The number of nitrogens with zero attached hydrogens (tertiary/aromatic N) is 4. The summed E-state index contributed by atoms with van der Waals surface area (Å²) in [6.07, 6.45) is 13.4. The molecule has 0 saturated carbocycles. The molecule has 0 bridgehead atoms. The van der Waals surface area contributed by atoms with Crippen molar-refractivity contribution in [2.45, 2.75) is 25.7 Å². The Morgan fingerprint density at radius 3 is 1.50 bits per heavy atom. The van der Waals surface area contributed by atoms with Crippen molar-refractivity contribution in [3.8, 4) is 56.4 Å². The van der Waals surface area contributed by atoms with Crippen molar-refractivity contribution < 1.29 is 0 Å². The van der Waals surface area contributed by atoms with Crippen LogP contribution in [-0.4, -0.2) is 19.1 Å². The summed E-state index contributed by atoms with van der Waals surface area (Å²) in [7, 11) is 0. The van der Waals surface area contributed by atoms with Gasteiger partial charge in [0.25, 0.3) is 0 Å². The summed E-state index contributed by atoms with van der Waals surface area (Å²) in [6.45, 7) is 0. The molecule has 4 nitrogen and oxygen atoms in total. The van der Waals surface area contributed by atoms with Gasteiger partial charge in [0, 0.05) is 50.2 Å². The topological polar surface area (TPSA) is 35.6 Å². The molecule has 0 aliphatic heterocycles. The predicted octanol–water partition coefficient (Wildman–Crippen LogP) is 13.0. The van der Waals surface area contributed by atoms with Gasteiger partial charge in [0.15, 0.2) is 5.82 Å². The fourth-order valence-corrected chi connectivity index (χ4v) is 8.88. The number of aromatic nitrogens is 4. The lowest BCUT2D eigenvalue weighted by Gasteiger charge is -2.18. The molecule has 0 saturated heterocycles. The van der Waals surface area contributed by atoms with Crippen LogP contribution in [0.15, 0.2) is 170 Å². The minimum atomic E-state index is 0.702. The molecule has 266 valence electrons. The van der Waals surface area contributed by atoms with Crippen LogP contribution in [0.5, 0.6) is 0 Å². The quantitative estimate of drug-likeness (QED) is 0.172. The normalized spacial score (nSPS) is 13.3. The molecule has 0 N–H and O–H groups in total. The van der Waals surface area contributed by atoms with E-state index in [1.54, 1.807) is 0 Å². The first-order chi connectivity index (χ1) is 27.8. The molecule has 0 atom stereocenters. The van der Waals surface area contributed by atoms with Gasteiger partial charge in [-0.25, -0.2) is 9.97 Å². The summed E-state index contributed by atoms with van der Waals surface area (Å²) < 4.78 is 4.93. The van der Waals surface area contributed by atoms with Crippen LogP contribution in [0.4, 0.5) is 0 Å². The van der Waals surface area contributed by atoms with E-state index in [0.29, 0.717) is 5.82 Å². The standard InChI is InChI=1S/C52H38N4/c1-3-16-35(17-4-1)37-20-15-21-38(30-37)46-34-47(54-52(53-46)36-18-5-2-6-19-36)39-31-40(55-48-26-11-7-22-42(48)43-23-8-12-27-49(43)55)33-41(32-39)56-50-28-13-9-24-44(50)45-25-10-14-29-51(45)56/h1-7,9,11-22,24,26-34H,8,10,23,25H2. The van der Waals surface area contributed by atoms with Crippen LogP contribution < -0.4 is 0 Å². The maximum atomic E-state index is 5.37. The number of para-hydroxylation sites is 2. The molecule has 0 unspecified atom stereocenters. The van der Waals surface area contributed by atoms with Crippen molar-refractivity contribution in [2.75, 3.05) is 0 Å². The van der Waals surface area contributed by atoms with Crippen LogP contribution in [0.25, 0.3) is 90.4 Å². The molecule has 56 heavy (non-hydrogen) atoms. The van der Waals surface area contributed by atoms with E-state index < -0.39 is 0 Å². The van der Waals surface area contributed by atoms with Crippen LogP contribution in [0.2, 0.25) is 0 Å². The van der Waals surface area contributed by atoms with Gasteiger partial charge >= 0.3 is 0 Å². The lowest BCUT2D eigenvalue weighted by molar-refractivity contribution is 0.959. The fourth-order valence-electron chi connectivity index (χ4n) is 8.88. The van der Waals surface area contributed by atoms with Gasteiger partial charge in [-0.2, -0.15) is 0 Å². The Morgan fingerprint density at radius 2 is 0.893 bits per heavy atom. The molecular formula is C52H38N4. The minimum absolute atomic E-state index is 0.702. The van der Waals surface area contributed by atoms with E-state index >= 15 is 0 Å². The zero-order valence-corrected chi connectivity index (χ0v) is 30.9. The molecule has 9 aromatic rings. The molecular weight excluding hydrogens is 681 g/mol. The molecule has 0 radical (unpaired) electrons. The second-order valence-corrected chi connectivity index (χ2v) is 14.8. The summed E-state index contributed by atoms with van der Waals surface area (Å²) in [5.74, 6) is 0.702. The average molecular weight is 719 g/mol. The van der Waals surface area contributed by atoms with Gasteiger partial charge in [0.2, 0.25) is 0 Å². The molecule has 0 amide bonds. The summed E-state index contributed by atoms with van der Waals surface area (Å²) >= 11 is 0. The van der Waals surface area contributed by atoms with E-state index in [1.807, 2.05) is 6.07 Å². The minimum Gasteiger partial charge on any atom is -0.309 e. The first-order valence-corrected chi connectivity index (χ1v) is 19.6. The highest BCUT2D eigenvalue weighted by molar-refractivity contribution is 5.93. The third kappa shape index (κ3) is 5.45. The Morgan fingerprint density at radius 1 is 0.393 bits per heavy atom. The van der Waals surface area contributed by atoms with Crippen LogP contribution in [0.3, 0.4) is 0 Å². The predicted molar refractivity (Wildman–Crippen MR) is 232 cm³/mol. The number of benzene rings is 6. The van der Waals surface area contributed by atoms with Gasteiger partial charge < -0.3 is 9.13 Å². The van der Waals surface area contributed by atoms with Crippen LogP contribution in [0, 0.1) is 0 Å². The van der Waals surface area contributed by atoms with Crippen molar-refractivity contribution in [3.63, 3.8) is 0 Å². The van der Waals surface area contributed by atoms with Crippen LogP contribution in [0.1, 0.15) is 35.4 Å². The number of hydrogen-bond donors (Lipinski definition) is 0. The van der Waals surface area contributed by atoms with E-state index in [1.165, 1.54) is 49.9 Å². The summed E-state index contributed by atoms with van der Waals surface area (Å²) in [6, 6.07) is 56.5.